The Morgan fingerprint density at radius 2 is 1.97 bits per heavy atom. The van der Waals surface area contributed by atoms with Crippen LogP contribution in [0, 0.1) is 0 Å². The topological polar surface area (TPSA) is 79.7 Å². The van der Waals surface area contributed by atoms with Gasteiger partial charge in [0, 0.05) is 24.0 Å². The number of carbonyl (C=O) groups is 2. The highest BCUT2D eigenvalue weighted by molar-refractivity contribution is 6.46. The molecule has 2 aliphatic rings. The molecule has 4 rings (SSSR count). The quantitative estimate of drug-likeness (QED) is 0.395. The molecule has 1 aromatic heterocycles. The zero-order chi connectivity index (χ0) is 22.8. The molecule has 0 spiro atoms. The van der Waals surface area contributed by atoms with Crippen LogP contribution in [0.2, 0.25) is 0 Å². The predicted octanol–water partition coefficient (Wildman–Crippen LogP) is 4.97. The Labute approximate surface area is 188 Å². The molecule has 2 heterocycles. The SMILES string of the molecule is CCOc1ccc(/C(O)=C2/C(=O)C(=O)N(C3CCCC3)C2c2cccnc2)cc1C(C)C. The van der Waals surface area contributed by atoms with Gasteiger partial charge in [0.05, 0.1) is 18.2 Å². The standard InChI is InChI=1S/C26H30N2O4/c1-4-32-21-12-11-17(14-20(21)16(2)3)24(29)22-23(18-8-7-13-27-15-18)28(26(31)25(22)30)19-9-5-6-10-19/h7-8,11-16,19,23,29H,4-6,9-10H2,1-3H3/b24-22-. The summed E-state index contributed by atoms with van der Waals surface area (Å²) in [7, 11) is 0. The molecule has 1 amide bonds. The van der Waals surface area contributed by atoms with Crippen LogP contribution in [0.15, 0.2) is 48.3 Å². The number of rotatable bonds is 6. The molecule has 1 aliphatic carbocycles. The summed E-state index contributed by atoms with van der Waals surface area (Å²) in [5.74, 6) is -0.401. The number of aromatic nitrogens is 1. The summed E-state index contributed by atoms with van der Waals surface area (Å²) in [6.07, 6.45) is 7.12. The number of pyridine rings is 1. The van der Waals surface area contributed by atoms with E-state index in [0.717, 1.165) is 42.6 Å². The molecule has 1 aliphatic heterocycles. The van der Waals surface area contributed by atoms with E-state index in [2.05, 4.69) is 18.8 Å². The molecule has 6 nitrogen and oxygen atoms in total. The zero-order valence-electron chi connectivity index (χ0n) is 18.9. The van der Waals surface area contributed by atoms with Crippen molar-refractivity contribution in [2.45, 2.75) is 64.5 Å². The lowest BCUT2D eigenvalue weighted by Gasteiger charge is -2.30. The number of ketones is 1. The summed E-state index contributed by atoms with van der Waals surface area (Å²) < 4.78 is 5.74. The zero-order valence-corrected chi connectivity index (χ0v) is 18.9. The molecular weight excluding hydrogens is 404 g/mol. The molecule has 0 bridgehead atoms. The van der Waals surface area contributed by atoms with Crippen LogP contribution in [0.1, 0.15) is 75.1 Å². The summed E-state index contributed by atoms with van der Waals surface area (Å²) in [6, 6.07) is 8.42. The fraction of sp³-hybridized carbons (Fsp3) is 0.423. The van der Waals surface area contributed by atoms with Gasteiger partial charge in [-0.3, -0.25) is 14.6 Å². The minimum absolute atomic E-state index is 0.00601. The summed E-state index contributed by atoms with van der Waals surface area (Å²) in [4.78, 5) is 32.2. The highest BCUT2D eigenvalue weighted by Crippen LogP contribution is 2.43. The molecule has 32 heavy (non-hydrogen) atoms. The van der Waals surface area contributed by atoms with Gasteiger partial charge in [-0.1, -0.05) is 32.8 Å². The summed E-state index contributed by atoms with van der Waals surface area (Å²) in [5.41, 5.74) is 2.32. The molecule has 1 unspecified atom stereocenters. The van der Waals surface area contributed by atoms with Gasteiger partial charge in [-0.25, -0.2) is 0 Å². The molecule has 168 valence electrons. The third-order valence-corrected chi connectivity index (χ3v) is 6.40. The number of carbonyl (C=O) groups excluding carboxylic acids is 2. The van der Waals surface area contributed by atoms with Crippen molar-refractivity contribution in [1.82, 2.24) is 9.88 Å². The fourth-order valence-corrected chi connectivity index (χ4v) is 4.86. The lowest BCUT2D eigenvalue weighted by Crippen LogP contribution is -2.37. The number of hydrogen-bond acceptors (Lipinski definition) is 5. The van der Waals surface area contributed by atoms with Crippen molar-refractivity contribution >= 4 is 17.4 Å². The van der Waals surface area contributed by atoms with E-state index in [1.165, 1.54) is 0 Å². The smallest absolute Gasteiger partial charge is 0.295 e. The van der Waals surface area contributed by atoms with Gasteiger partial charge in [0.25, 0.3) is 11.7 Å². The van der Waals surface area contributed by atoms with Gasteiger partial charge < -0.3 is 14.7 Å². The van der Waals surface area contributed by atoms with Crippen LogP contribution in [0.25, 0.3) is 5.76 Å². The van der Waals surface area contributed by atoms with E-state index in [-0.39, 0.29) is 23.3 Å². The molecule has 0 radical (unpaired) electrons. The normalized spacial score (nSPS) is 21.0. The number of hydrogen-bond donors (Lipinski definition) is 1. The molecule has 6 heteroatoms. The number of Topliss-reactive ketones (excluding diaryl/α,β-unsaturated/α-hetero) is 1. The Hall–Kier alpha value is -3.15. The van der Waals surface area contributed by atoms with Crippen molar-refractivity contribution in [3.05, 3.63) is 65.0 Å². The molecule has 1 atom stereocenters. The molecular formula is C26H30N2O4. The lowest BCUT2D eigenvalue weighted by molar-refractivity contribution is -0.141. The number of aliphatic hydroxyl groups excluding tert-OH is 1. The predicted molar refractivity (Wildman–Crippen MR) is 122 cm³/mol. The minimum Gasteiger partial charge on any atom is -0.507 e. The monoisotopic (exact) mass is 434 g/mol. The maximum absolute atomic E-state index is 13.2. The van der Waals surface area contributed by atoms with Crippen LogP contribution in [0.5, 0.6) is 5.75 Å². The Balaban J connectivity index is 1.86. The van der Waals surface area contributed by atoms with E-state index in [1.807, 2.05) is 25.1 Å². The number of aliphatic hydroxyl groups is 1. The maximum atomic E-state index is 13.2. The van der Waals surface area contributed by atoms with E-state index < -0.39 is 17.7 Å². The average Bonchev–Trinajstić information content (AvgIpc) is 3.41. The third kappa shape index (κ3) is 3.90. The highest BCUT2D eigenvalue weighted by atomic mass is 16.5. The largest absolute Gasteiger partial charge is 0.507 e. The first-order valence-corrected chi connectivity index (χ1v) is 11.4. The Morgan fingerprint density at radius 1 is 1.22 bits per heavy atom. The minimum atomic E-state index is -0.638. The second-order valence-corrected chi connectivity index (χ2v) is 8.77. The number of benzene rings is 1. The van der Waals surface area contributed by atoms with Crippen LogP contribution in [-0.2, 0) is 9.59 Å². The van der Waals surface area contributed by atoms with E-state index in [4.69, 9.17) is 4.74 Å². The molecule has 1 N–H and O–H groups in total. The number of ether oxygens (including phenoxy) is 1. The molecule has 2 aromatic rings. The number of nitrogens with zero attached hydrogens (tertiary/aromatic N) is 2. The van der Waals surface area contributed by atoms with Crippen LogP contribution in [0.3, 0.4) is 0 Å². The summed E-state index contributed by atoms with van der Waals surface area (Å²) in [5, 5.41) is 11.3. The fourth-order valence-electron chi connectivity index (χ4n) is 4.86. The van der Waals surface area contributed by atoms with Crippen molar-refractivity contribution < 1.29 is 19.4 Å². The Kier molecular flexibility index (Phi) is 6.31. The van der Waals surface area contributed by atoms with E-state index in [0.29, 0.717) is 12.2 Å². The van der Waals surface area contributed by atoms with Gasteiger partial charge >= 0.3 is 0 Å². The average molecular weight is 435 g/mol. The van der Waals surface area contributed by atoms with Gasteiger partial charge in [-0.05, 0) is 61.1 Å². The van der Waals surface area contributed by atoms with Gasteiger partial charge in [0.15, 0.2) is 0 Å². The van der Waals surface area contributed by atoms with Crippen LogP contribution >= 0.6 is 0 Å². The second-order valence-electron chi connectivity index (χ2n) is 8.77. The van der Waals surface area contributed by atoms with E-state index >= 15 is 0 Å². The molecule has 2 fully saturated rings. The van der Waals surface area contributed by atoms with Crippen LogP contribution < -0.4 is 4.74 Å². The number of likely N-dealkylation sites (tertiary alicyclic amines) is 1. The van der Waals surface area contributed by atoms with Gasteiger partial charge in [-0.15, -0.1) is 0 Å². The van der Waals surface area contributed by atoms with Crippen LogP contribution in [0.4, 0.5) is 0 Å². The van der Waals surface area contributed by atoms with Gasteiger partial charge in [0.2, 0.25) is 0 Å². The van der Waals surface area contributed by atoms with Crippen LogP contribution in [-0.4, -0.2) is 39.3 Å². The van der Waals surface area contributed by atoms with Crippen molar-refractivity contribution in [2.75, 3.05) is 6.61 Å². The first-order valence-electron chi connectivity index (χ1n) is 11.4. The first-order chi connectivity index (χ1) is 15.4. The Morgan fingerprint density at radius 3 is 2.59 bits per heavy atom. The van der Waals surface area contributed by atoms with Crippen molar-refractivity contribution in [3.63, 3.8) is 0 Å². The van der Waals surface area contributed by atoms with Gasteiger partial charge in [-0.2, -0.15) is 0 Å². The van der Waals surface area contributed by atoms with Crippen molar-refractivity contribution in [2.24, 2.45) is 0 Å². The number of amides is 1. The third-order valence-electron chi connectivity index (χ3n) is 6.40. The maximum Gasteiger partial charge on any atom is 0.295 e. The summed E-state index contributed by atoms with van der Waals surface area (Å²) >= 11 is 0. The molecule has 1 saturated carbocycles. The molecule has 1 aromatic carbocycles. The molecule has 1 saturated heterocycles. The van der Waals surface area contributed by atoms with E-state index in [9.17, 15) is 14.7 Å². The van der Waals surface area contributed by atoms with Gasteiger partial charge in [0.1, 0.15) is 11.5 Å². The second kappa shape index (κ2) is 9.15. The summed E-state index contributed by atoms with van der Waals surface area (Å²) in [6.45, 7) is 6.57. The van der Waals surface area contributed by atoms with E-state index in [1.54, 1.807) is 29.4 Å². The Bertz CT molecular complexity index is 1040. The lowest BCUT2D eigenvalue weighted by atomic mass is 9.93. The van der Waals surface area contributed by atoms with Crippen molar-refractivity contribution in [3.8, 4) is 5.75 Å². The first kappa shape index (κ1) is 22.1. The highest BCUT2D eigenvalue weighted by Gasteiger charge is 2.49. The van der Waals surface area contributed by atoms with Crippen molar-refractivity contribution in [1.29, 1.82) is 0 Å².